The van der Waals surface area contributed by atoms with E-state index in [4.69, 9.17) is 4.42 Å². The summed E-state index contributed by atoms with van der Waals surface area (Å²) in [5, 5.41) is 0. The number of nitrogens with zero attached hydrogens (tertiary/aromatic N) is 2. The molecule has 25 heavy (non-hydrogen) atoms. The molecule has 4 nitrogen and oxygen atoms in total. The largest absolute Gasteiger partial charge is 0.461 e. The molecule has 4 heteroatoms. The minimum Gasteiger partial charge on any atom is -0.461 e. The Kier molecular flexibility index (Phi) is 3.17. The van der Waals surface area contributed by atoms with Gasteiger partial charge in [0.15, 0.2) is 0 Å². The second-order valence-electron chi connectivity index (χ2n) is 7.85. The van der Waals surface area contributed by atoms with Gasteiger partial charge in [-0.15, -0.1) is 0 Å². The van der Waals surface area contributed by atoms with Crippen molar-refractivity contribution in [2.75, 3.05) is 20.1 Å². The van der Waals surface area contributed by atoms with Gasteiger partial charge in [-0.25, -0.2) is 0 Å². The first-order chi connectivity index (χ1) is 12.1. The minimum absolute atomic E-state index is 0.244. The first-order valence-electron chi connectivity index (χ1n) is 9.29. The van der Waals surface area contributed by atoms with Crippen LogP contribution < -0.4 is 0 Å². The summed E-state index contributed by atoms with van der Waals surface area (Å²) in [5.41, 5.74) is 2.23. The van der Waals surface area contributed by atoms with E-state index < -0.39 is 0 Å². The molecule has 0 aliphatic carbocycles. The Balaban J connectivity index is 1.59. The topological polar surface area (TPSA) is 36.7 Å². The molecule has 5 rings (SSSR count). The van der Waals surface area contributed by atoms with Crippen LogP contribution >= 0.6 is 0 Å². The van der Waals surface area contributed by atoms with Crippen LogP contribution in [0, 0.1) is 12.8 Å². The minimum atomic E-state index is -0.244. The van der Waals surface area contributed by atoms with Crippen LogP contribution in [-0.4, -0.2) is 41.4 Å². The fourth-order valence-corrected chi connectivity index (χ4v) is 5.59. The normalized spacial score (nSPS) is 31.6. The highest BCUT2D eigenvalue weighted by molar-refractivity contribution is 5.90. The maximum absolute atomic E-state index is 13.0. The molecule has 3 aliphatic heterocycles. The zero-order valence-corrected chi connectivity index (χ0v) is 14.9. The van der Waals surface area contributed by atoms with Crippen LogP contribution in [0.3, 0.4) is 0 Å². The summed E-state index contributed by atoms with van der Waals surface area (Å²) in [4.78, 5) is 17.4. The number of likely N-dealkylation sites (N-methyl/N-ethyl adjacent to an activating group) is 1. The van der Waals surface area contributed by atoms with Crippen LogP contribution in [0.5, 0.6) is 0 Å². The number of carbonyl (C=O) groups is 1. The molecule has 0 N–H and O–H groups in total. The van der Waals surface area contributed by atoms with E-state index in [1.54, 1.807) is 0 Å². The SMILES string of the molecule is Cc1ccc(-c2ccccc2[C@@H]2C[C@H]3CN(C)C(=O)[C@]34CCCN24)o1. The van der Waals surface area contributed by atoms with Gasteiger partial charge in [-0.3, -0.25) is 9.69 Å². The third-order valence-corrected chi connectivity index (χ3v) is 6.57. The van der Waals surface area contributed by atoms with E-state index in [2.05, 4.69) is 35.2 Å². The molecule has 3 aliphatic rings. The monoisotopic (exact) mass is 336 g/mol. The molecule has 3 saturated heterocycles. The molecular weight excluding hydrogens is 312 g/mol. The number of hydrogen-bond acceptors (Lipinski definition) is 3. The molecule has 2 aromatic rings. The molecule has 1 spiro atoms. The predicted octanol–water partition coefficient (Wildman–Crippen LogP) is 3.62. The van der Waals surface area contributed by atoms with Crippen molar-refractivity contribution in [2.24, 2.45) is 5.92 Å². The molecule has 1 aromatic heterocycles. The molecule has 1 aromatic carbocycles. The van der Waals surface area contributed by atoms with Gasteiger partial charge < -0.3 is 9.32 Å². The zero-order valence-electron chi connectivity index (χ0n) is 14.9. The molecular formula is C21H24N2O2. The molecule has 0 saturated carbocycles. The highest BCUT2D eigenvalue weighted by Gasteiger charge is 2.64. The van der Waals surface area contributed by atoms with Crippen LogP contribution in [-0.2, 0) is 4.79 Å². The fourth-order valence-electron chi connectivity index (χ4n) is 5.59. The van der Waals surface area contributed by atoms with Crippen molar-refractivity contribution in [3.8, 4) is 11.3 Å². The van der Waals surface area contributed by atoms with Gasteiger partial charge in [-0.05, 0) is 50.4 Å². The number of rotatable bonds is 2. The average Bonchev–Trinajstić information content (AvgIpc) is 3.33. The second-order valence-corrected chi connectivity index (χ2v) is 7.85. The van der Waals surface area contributed by atoms with E-state index in [0.29, 0.717) is 17.9 Å². The summed E-state index contributed by atoms with van der Waals surface area (Å²) in [6.07, 6.45) is 3.20. The Labute approximate surface area is 148 Å². The summed E-state index contributed by atoms with van der Waals surface area (Å²) in [5.74, 6) is 2.65. The molecule has 1 amide bonds. The van der Waals surface area contributed by atoms with Crippen LogP contribution in [0.2, 0.25) is 0 Å². The van der Waals surface area contributed by atoms with Crippen molar-refractivity contribution < 1.29 is 9.21 Å². The van der Waals surface area contributed by atoms with Crippen LogP contribution in [0.15, 0.2) is 40.8 Å². The summed E-state index contributed by atoms with van der Waals surface area (Å²) < 4.78 is 5.92. The molecule has 0 radical (unpaired) electrons. The Hall–Kier alpha value is -2.07. The lowest BCUT2D eigenvalue weighted by molar-refractivity contribution is -0.135. The van der Waals surface area contributed by atoms with Crippen LogP contribution in [0.25, 0.3) is 11.3 Å². The molecule has 0 unspecified atom stereocenters. The van der Waals surface area contributed by atoms with Gasteiger partial charge in [0, 0.05) is 31.1 Å². The lowest BCUT2D eigenvalue weighted by Crippen LogP contribution is -2.49. The lowest BCUT2D eigenvalue weighted by Gasteiger charge is -2.33. The maximum atomic E-state index is 13.0. The van der Waals surface area contributed by atoms with Crippen molar-refractivity contribution in [1.82, 2.24) is 9.80 Å². The Bertz CT molecular complexity index is 842. The van der Waals surface area contributed by atoms with Crippen molar-refractivity contribution in [3.63, 3.8) is 0 Å². The number of hydrogen-bond donors (Lipinski definition) is 0. The van der Waals surface area contributed by atoms with E-state index in [1.165, 1.54) is 11.1 Å². The van der Waals surface area contributed by atoms with Crippen molar-refractivity contribution in [2.45, 2.75) is 37.8 Å². The molecule has 130 valence electrons. The fraction of sp³-hybridized carbons (Fsp3) is 0.476. The van der Waals surface area contributed by atoms with Gasteiger partial charge in [-0.2, -0.15) is 0 Å². The summed E-state index contributed by atoms with van der Waals surface area (Å²) >= 11 is 0. The maximum Gasteiger partial charge on any atom is 0.243 e. The predicted molar refractivity (Wildman–Crippen MR) is 96.0 cm³/mol. The lowest BCUT2D eigenvalue weighted by atomic mass is 9.85. The number of carbonyl (C=O) groups excluding carboxylic acids is 1. The molecule has 3 fully saturated rings. The van der Waals surface area contributed by atoms with Gasteiger partial charge in [-0.1, -0.05) is 24.3 Å². The van der Waals surface area contributed by atoms with Crippen molar-refractivity contribution in [1.29, 1.82) is 0 Å². The molecule has 3 atom stereocenters. The Morgan fingerprint density at radius 3 is 2.84 bits per heavy atom. The van der Waals surface area contributed by atoms with Crippen molar-refractivity contribution >= 4 is 5.91 Å². The average molecular weight is 336 g/mol. The quantitative estimate of drug-likeness (QED) is 0.840. The van der Waals surface area contributed by atoms with Gasteiger partial charge in [0.25, 0.3) is 0 Å². The number of amides is 1. The van der Waals surface area contributed by atoms with E-state index in [0.717, 1.165) is 43.9 Å². The van der Waals surface area contributed by atoms with Crippen molar-refractivity contribution in [3.05, 3.63) is 47.7 Å². The van der Waals surface area contributed by atoms with Gasteiger partial charge in [0.2, 0.25) is 5.91 Å². The van der Waals surface area contributed by atoms with Crippen LogP contribution in [0.1, 0.15) is 36.6 Å². The highest BCUT2D eigenvalue weighted by Crippen LogP contribution is 2.56. The van der Waals surface area contributed by atoms with Gasteiger partial charge >= 0.3 is 0 Å². The van der Waals surface area contributed by atoms with E-state index in [9.17, 15) is 4.79 Å². The highest BCUT2D eigenvalue weighted by atomic mass is 16.3. The Morgan fingerprint density at radius 2 is 2.04 bits per heavy atom. The third kappa shape index (κ3) is 1.94. The zero-order chi connectivity index (χ0) is 17.2. The van der Waals surface area contributed by atoms with E-state index in [1.807, 2.05) is 24.9 Å². The number of likely N-dealkylation sites (tertiary alicyclic amines) is 1. The molecule has 4 heterocycles. The third-order valence-electron chi connectivity index (χ3n) is 6.57. The number of furan rings is 1. The second kappa shape index (κ2) is 5.21. The smallest absolute Gasteiger partial charge is 0.243 e. The van der Waals surface area contributed by atoms with E-state index in [-0.39, 0.29) is 5.54 Å². The van der Waals surface area contributed by atoms with Gasteiger partial charge in [0.1, 0.15) is 17.1 Å². The summed E-state index contributed by atoms with van der Waals surface area (Å²) in [6.45, 7) is 3.90. The summed E-state index contributed by atoms with van der Waals surface area (Å²) in [6, 6.07) is 12.9. The van der Waals surface area contributed by atoms with Crippen LogP contribution in [0.4, 0.5) is 0 Å². The Morgan fingerprint density at radius 1 is 1.20 bits per heavy atom. The summed E-state index contributed by atoms with van der Waals surface area (Å²) in [7, 11) is 1.96. The molecule has 0 bridgehead atoms. The number of aryl methyl sites for hydroxylation is 1. The first kappa shape index (κ1) is 15.2. The first-order valence-corrected chi connectivity index (χ1v) is 9.29. The number of benzene rings is 1. The van der Waals surface area contributed by atoms with E-state index >= 15 is 0 Å². The standard InChI is InChI=1S/C21H24N2O2/c1-14-8-9-19(25-14)17-7-4-3-6-16(17)18-12-15-13-22(2)20(24)21(15)10-5-11-23(18)21/h3-4,6-9,15,18H,5,10-13H2,1-2H3/t15-,18-,21-/m0/s1. The van der Waals surface area contributed by atoms with Gasteiger partial charge in [0.05, 0.1) is 0 Å².